The van der Waals surface area contributed by atoms with Crippen LogP contribution in [0.3, 0.4) is 0 Å². The Morgan fingerprint density at radius 1 is 1.56 bits per heavy atom. The van der Waals surface area contributed by atoms with E-state index in [1.165, 1.54) is 6.07 Å². The number of nitrogens with two attached hydrogens (primary N) is 1. The fourth-order valence-electron chi connectivity index (χ4n) is 1.59. The molecule has 0 atom stereocenters. The third-order valence-electron chi connectivity index (χ3n) is 2.54. The Morgan fingerprint density at radius 2 is 2.33 bits per heavy atom. The first-order chi connectivity index (χ1) is 8.58. The van der Waals surface area contributed by atoms with Gasteiger partial charge in [0.05, 0.1) is 17.7 Å². The zero-order chi connectivity index (χ0) is 13.1. The van der Waals surface area contributed by atoms with Gasteiger partial charge in [-0.25, -0.2) is 9.37 Å². The van der Waals surface area contributed by atoms with Crippen LogP contribution < -0.4 is 10.6 Å². The van der Waals surface area contributed by atoms with Crippen LogP contribution in [-0.2, 0) is 6.54 Å². The summed E-state index contributed by atoms with van der Waals surface area (Å²) in [5.41, 5.74) is 9.19. The van der Waals surface area contributed by atoms with Crippen LogP contribution in [0.1, 0.15) is 11.3 Å². The minimum absolute atomic E-state index is 0.0706. The van der Waals surface area contributed by atoms with Crippen LogP contribution in [0.25, 0.3) is 0 Å². The highest BCUT2D eigenvalue weighted by atomic mass is 32.1. The molecule has 0 radical (unpaired) electrons. The molecule has 0 saturated heterocycles. The summed E-state index contributed by atoms with van der Waals surface area (Å²) in [6.45, 7) is 0.634. The van der Waals surface area contributed by atoms with E-state index in [-0.39, 0.29) is 10.6 Å². The lowest BCUT2D eigenvalue weighted by Crippen LogP contribution is -2.18. The zero-order valence-electron chi connectivity index (χ0n) is 9.76. The van der Waals surface area contributed by atoms with Gasteiger partial charge in [0, 0.05) is 23.7 Å². The summed E-state index contributed by atoms with van der Waals surface area (Å²) in [4.78, 5) is 6.18. The van der Waals surface area contributed by atoms with Gasteiger partial charge in [0.15, 0.2) is 0 Å². The normalized spacial score (nSPS) is 10.3. The molecule has 0 unspecified atom stereocenters. The monoisotopic (exact) mass is 281 g/mol. The molecule has 0 fully saturated rings. The molecule has 2 rings (SSSR count). The molecule has 1 heterocycles. The molecule has 0 aliphatic rings. The zero-order valence-corrected chi connectivity index (χ0v) is 11.4. The van der Waals surface area contributed by atoms with Gasteiger partial charge in [-0.15, -0.1) is 11.3 Å². The average Bonchev–Trinajstić information content (AvgIpc) is 2.81. The number of nitrogens with zero attached hydrogens (tertiary/aromatic N) is 2. The van der Waals surface area contributed by atoms with Crippen molar-refractivity contribution in [3.63, 3.8) is 0 Å². The smallest absolute Gasteiger partial charge is 0.135 e. The standard InChI is InChI=1S/C12H12FN3S2/c1-16(5-8-6-18-7-15-8)9-2-3-10(12(14)17)11(13)4-9/h2-4,6-7H,5H2,1H3,(H2,14,17). The van der Waals surface area contributed by atoms with E-state index in [9.17, 15) is 4.39 Å². The Labute approximate surface area is 114 Å². The van der Waals surface area contributed by atoms with Crippen molar-refractivity contribution < 1.29 is 4.39 Å². The maximum absolute atomic E-state index is 13.7. The van der Waals surface area contributed by atoms with E-state index in [0.29, 0.717) is 6.54 Å². The van der Waals surface area contributed by atoms with E-state index in [1.54, 1.807) is 29.0 Å². The summed E-state index contributed by atoms with van der Waals surface area (Å²) < 4.78 is 13.7. The van der Waals surface area contributed by atoms with Crippen LogP contribution in [0.2, 0.25) is 0 Å². The third kappa shape index (κ3) is 2.83. The first-order valence-electron chi connectivity index (χ1n) is 5.25. The van der Waals surface area contributed by atoms with E-state index in [0.717, 1.165) is 11.4 Å². The Kier molecular flexibility index (Phi) is 3.88. The van der Waals surface area contributed by atoms with Gasteiger partial charge in [-0.2, -0.15) is 0 Å². The average molecular weight is 281 g/mol. The van der Waals surface area contributed by atoms with Crippen LogP contribution in [0.4, 0.5) is 10.1 Å². The number of rotatable bonds is 4. The molecule has 0 amide bonds. The molecular formula is C12H12FN3S2. The molecule has 18 heavy (non-hydrogen) atoms. The summed E-state index contributed by atoms with van der Waals surface area (Å²) in [6, 6.07) is 4.83. The van der Waals surface area contributed by atoms with Crippen molar-refractivity contribution in [2.45, 2.75) is 6.54 Å². The molecule has 1 aromatic heterocycles. The molecule has 2 N–H and O–H groups in total. The van der Waals surface area contributed by atoms with E-state index >= 15 is 0 Å². The molecule has 0 aliphatic carbocycles. The number of halogens is 1. The lowest BCUT2D eigenvalue weighted by molar-refractivity contribution is 0.624. The molecule has 94 valence electrons. The minimum atomic E-state index is -0.398. The van der Waals surface area contributed by atoms with Crippen molar-refractivity contribution in [2.75, 3.05) is 11.9 Å². The maximum atomic E-state index is 13.7. The number of thiazole rings is 1. The SMILES string of the molecule is CN(Cc1cscn1)c1ccc(C(N)=S)c(F)c1. The number of hydrogen-bond acceptors (Lipinski definition) is 4. The number of thiocarbonyl (C=S) groups is 1. The van der Waals surface area contributed by atoms with Gasteiger partial charge in [-0.3, -0.25) is 0 Å². The topological polar surface area (TPSA) is 42.2 Å². The van der Waals surface area contributed by atoms with E-state index in [2.05, 4.69) is 4.98 Å². The summed E-state index contributed by atoms with van der Waals surface area (Å²) >= 11 is 6.31. The van der Waals surface area contributed by atoms with Crippen molar-refractivity contribution in [1.82, 2.24) is 4.98 Å². The van der Waals surface area contributed by atoms with Gasteiger partial charge < -0.3 is 10.6 Å². The molecule has 0 spiro atoms. The summed E-state index contributed by atoms with van der Waals surface area (Å²) in [6.07, 6.45) is 0. The Hall–Kier alpha value is -1.53. The lowest BCUT2D eigenvalue weighted by Gasteiger charge is -2.18. The second-order valence-corrected chi connectivity index (χ2v) is 5.02. The largest absolute Gasteiger partial charge is 0.389 e. The van der Waals surface area contributed by atoms with Crippen LogP contribution >= 0.6 is 23.6 Å². The van der Waals surface area contributed by atoms with E-state index in [1.807, 2.05) is 17.3 Å². The van der Waals surface area contributed by atoms with Crippen molar-refractivity contribution in [2.24, 2.45) is 5.73 Å². The van der Waals surface area contributed by atoms with Gasteiger partial charge in [0.25, 0.3) is 0 Å². The third-order valence-corrected chi connectivity index (χ3v) is 3.40. The van der Waals surface area contributed by atoms with Crippen molar-refractivity contribution in [3.05, 3.63) is 46.2 Å². The minimum Gasteiger partial charge on any atom is -0.389 e. The maximum Gasteiger partial charge on any atom is 0.135 e. The number of anilines is 1. The second kappa shape index (κ2) is 5.41. The Bertz CT molecular complexity index is 554. The molecule has 3 nitrogen and oxygen atoms in total. The second-order valence-electron chi connectivity index (χ2n) is 3.86. The summed E-state index contributed by atoms with van der Waals surface area (Å²) in [5, 5.41) is 1.97. The first kappa shape index (κ1) is 12.9. The lowest BCUT2D eigenvalue weighted by atomic mass is 10.2. The predicted octanol–water partition coefficient (Wildman–Crippen LogP) is 2.55. The molecular weight excluding hydrogens is 269 g/mol. The molecule has 0 bridgehead atoms. The number of hydrogen-bond donors (Lipinski definition) is 1. The van der Waals surface area contributed by atoms with Gasteiger partial charge in [0.2, 0.25) is 0 Å². The highest BCUT2D eigenvalue weighted by Crippen LogP contribution is 2.19. The van der Waals surface area contributed by atoms with Crippen LogP contribution in [-0.4, -0.2) is 17.0 Å². The molecule has 0 aliphatic heterocycles. The molecule has 6 heteroatoms. The van der Waals surface area contributed by atoms with Crippen molar-refractivity contribution in [1.29, 1.82) is 0 Å². The number of aromatic nitrogens is 1. The quantitative estimate of drug-likeness (QED) is 0.875. The molecule has 1 aromatic carbocycles. The Morgan fingerprint density at radius 3 is 2.89 bits per heavy atom. The van der Waals surface area contributed by atoms with Crippen molar-refractivity contribution in [3.8, 4) is 0 Å². The van der Waals surface area contributed by atoms with Crippen LogP contribution in [0.15, 0.2) is 29.1 Å². The number of benzene rings is 1. The van der Waals surface area contributed by atoms with Crippen LogP contribution in [0, 0.1) is 5.82 Å². The first-order valence-corrected chi connectivity index (χ1v) is 6.60. The summed E-state index contributed by atoms with van der Waals surface area (Å²) in [7, 11) is 1.88. The van der Waals surface area contributed by atoms with Gasteiger partial charge >= 0.3 is 0 Å². The summed E-state index contributed by atoms with van der Waals surface area (Å²) in [5.74, 6) is -0.398. The van der Waals surface area contributed by atoms with E-state index in [4.69, 9.17) is 18.0 Å². The van der Waals surface area contributed by atoms with Crippen LogP contribution in [0.5, 0.6) is 0 Å². The highest BCUT2D eigenvalue weighted by molar-refractivity contribution is 7.80. The van der Waals surface area contributed by atoms with Gasteiger partial charge in [-0.1, -0.05) is 12.2 Å². The van der Waals surface area contributed by atoms with Gasteiger partial charge in [-0.05, 0) is 18.2 Å². The fraction of sp³-hybridized carbons (Fsp3) is 0.167. The van der Waals surface area contributed by atoms with Crippen molar-refractivity contribution >= 4 is 34.2 Å². The highest BCUT2D eigenvalue weighted by Gasteiger charge is 2.09. The molecule has 2 aromatic rings. The van der Waals surface area contributed by atoms with E-state index < -0.39 is 5.82 Å². The predicted molar refractivity (Wildman–Crippen MR) is 76.5 cm³/mol. The van der Waals surface area contributed by atoms with Gasteiger partial charge in [0.1, 0.15) is 10.8 Å². The molecule has 0 saturated carbocycles. The fourth-order valence-corrected chi connectivity index (χ4v) is 2.31. The Balaban J connectivity index is 2.18.